The SMILES string of the molecule is O=S(=O)(F)c1ccc(-c2ccc(Br)s2)s1. The maximum atomic E-state index is 12.6. The van der Waals surface area contributed by atoms with Crippen molar-refractivity contribution in [3.05, 3.63) is 28.1 Å². The third-order valence-corrected chi connectivity index (χ3v) is 5.80. The Morgan fingerprint density at radius 1 is 1.07 bits per heavy atom. The largest absolute Gasteiger partial charge is 0.341 e. The molecule has 0 saturated carbocycles. The zero-order valence-corrected chi connectivity index (χ0v) is 11.1. The van der Waals surface area contributed by atoms with Crippen molar-refractivity contribution in [3.8, 4) is 9.75 Å². The number of hydrogen-bond donors (Lipinski definition) is 0. The lowest BCUT2D eigenvalue weighted by molar-refractivity contribution is 0.554. The molecule has 0 aliphatic heterocycles. The Bertz CT molecular complexity index is 585. The van der Waals surface area contributed by atoms with Gasteiger partial charge in [0.05, 0.1) is 3.79 Å². The summed E-state index contributed by atoms with van der Waals surface area (Å²) in [5.41, 5.74) is 0. The minimum atomic E-state index is -4.57. The summed E-state index contributed by atoms with van der Waals surface area (Å²) in [7, 11) is -4.57. The lowest BCUT2D eigenvalue weighted by atomic mass is 10.4. The first-order valence-electron chi connectivity index (χ1n) is 3.77. The van der Waals surface area contributed by atoms with E-state index in [0.29, 0.717) is 0 Å². The van der Waals surface area contributed by atoms with Gasteiger partial charge in [0.15, 0.2) is 4.21 Å². The average molecular weight is 327 g/mol. The summed E-state index contributed by atoms with van der Waals surface area (Å²) in [5, 5.41) is 0. The molecule has 7 heteroatoms. The molecule has 0 bridgehead atoms. The van der Waals surface area contributed by atoms with Gasteiger partial charge in [-0.05, 0) is 40.2 Å². The molecule has 15 heavy (non-hydrogen) atoms. The van der Waals surface area contributed by atoms with Crippen LogP contribution in [0.2, 0.25) is 0 Å². The van der Waals surface area contributed by atoms with Crippen LogP contribution in [0.4, 0.5) is 3.89 Å². The molecule has 2 nitrogen and oxygen atoms in total. The molecular formula is C8H4BrFO2S3. The first kappa shape index (κ1) is 11.3. The molecule has 2 aromatic heterocycles. The van der Waals surface area contributed by atoms with Crippen LogP contribution in [-0.2, 0) is 10.2 Å². The van der Waals surface area contributed by atoms with Crippen LogP contribution in [0, 0.1) is 0 Å². The average Bonchev–Trinajstić information content (AvgIpc) is 2.69. The summed E-state index contributed by atoms with van der Waals surface area (Å²) in [6.07, 6.45) is 0. The van der Waals surface area contributed by atoms with Crippen molar-refractivity contribution >= 4 is 48.8 Å². The van der Waals surface area contributed by atoms with E-state index >= 15 is 0 Å². The third-order valence-electron chi connectivity index (χ3n) is 1.64. The smallest absolute Gasteiger partial charge is 0.188 e. The van der Waals surface area contributed by atoms with Crippen LogP contribution >= 0.6 is 38.6 Å². The molecule has 0 aliphatic rings. The minimum Gasteiger partial charge on any atom is -0.188 e. The predicted molar refractivity (Wildman–Crippen MR) is 63.6 cm³/mol. The fourth-order valence-corrected chi connectivity index (χ4v) is 4.14. The molecule has 2 heterocycles. The Balaban J connectivity index is 2.44. The van der Waals surface area contributed by atoms with Gasteiger partial charge in [-0.25, -0.2) is 0 Å². The topological polar surface area (TPSA) is 34.1 Å². The second kappa shape index (κ2) is 3.97. The summed E-state index contributed by atoms with van der Waals surface area (Å²) in [6.45, 7) is 0. The quantitative estimate of drug-likeness (QED) is 0.784. The van der Waals surface area contributed by atoms with Crippen LogP contribution in [-0.4, -0.2) is 8.42 Å². The zero-order valence-electron chi connectivity index (χ0n) is 7.11. The zero-order chi connectivity index (χ0) is 11.1. The molecule has 0 unspecified atom stereocenters. The van der Waals surface area contributed by atoms with E-state index in [1.54, 1.807) is 6.07 Å². The number of halogens is 2. The molecule has 2 rings (SSSR count). The van der Waals surface area contributed by atoms with Crippen molar-refractivity contribution in [3.63, 3.8) is 0 Å². The van der Waals surface area contributed by atoms with Crippen molar-refractivity contribution in [1.29, 1.82) is 0 Å². The van der Waals surface area contributed by atoms with Gasteiger partial charge in [0.2, 0.25) is 0 Å². The van der Waals surface area contributed by atoms with Crippen molar-refractivity contribution in [2.24, 2.45) is 0 Å². The minimum absolute atomic E-state index is 0.248. The van der Waals surface area contributed by atoms with E-state index in [0.717, 1.165) is 24.9 Å². The maximum Gasteiger partial charge on any atom is 0.341 e. The van der Waals surface area contributed by atoms with Gasteiger partial charge >= 0.3 is 10.2 Å². The molecule has 2 aromatic rings. The van der Waals surface area contributed by atoms with E-state index in [4.69, 9.17) is 0 Å². The van der Waals surface area contributed by atoms with Crippen LogP contribution in [0.15, 0.2) is 32.3 Å². The molecule has 80 valence electrons. The Morgan fingerprint density at radius 2 is 1.67 bits per heavy atom. The van der Waals surface area contributed by atoms with Crippen LogP contribution in [0.3, 0.4) is 0 Å². The van der Waals surface area contributed by atoms with E-state index < -0.39 is 10.2 Å². The van der Waals surface area contributed by atoms with Crippen LogP contribution in [0.25, 0.3) is 9.75 Å². The summed E-state index contributed by atoms with van der Waals surface area (Å²) < 4.78 is 34.6. The second-order valence-corrected chi connectivity index (χ2v) is 7.78. The highest BCUT2D eigenvalue weighted by Crippen LogP contribution is 2.37. The lowest BCUT2D eigenvalue weighted by Crippen LogP contribution is -1.84. The highest BCUT2D eigenvalue weighted by atomic mass is 79.9. The Kier molecular flexibility index (Phi) is 2.98. The van der Waals surface area contributed by atoms with Gasteiger partial charge in [0.1, 0.15) is 0 Å². The van der Waals surface area contributed by atoms with E-state index in [2.05, 4.69) is 15.9 Å². The molecular weight excluding hydrogens is 323 g/mol. The summed E-state index contributed by atoms with van der Waals surface area (Å²) in [6, 6.07) is 6.61. The van der Waals surface area contributed by atoms with Gasteiger partial charge in [-0.15, -0.1) is 22.7 Å². The monoisotopic (exact) mass is 326 g/mol. The summed E-state index contributed by atoms with van der Waals surface area (Å²) in [5.74, 6) is 0. The van der Waals surface area contributed by atoms with Crippen molar-refractivity contribution in [2.75, 3.05) is 0 Å². The highest BCUT2D eigenvalue weighted by molar-refractivity contribution is 9.11. The molecule has 0 spiro atoms. The summed E-state index contributed by atoms with van der Waals surface area (Å²) >= 11 is 5.71. The Labute approximate surface area is 103 Å². The fraction of sp³-hybridized carbons (Fsp3) is 0. The van der Waals surface area contributed by atoms with Gasteiger partial charge in [-0.3, -0.25) is 0 Å². The number of rotatable bonds is 2. The highest BCUT2D eigenvalue weighted by Gasteiger charge is 2.16. The van der Waals surface area contributed by atoms with E-state index in [-0.39, 0.29) is 4.21 Å². The maximum absolute atomic E-state index is 12.6. The summed E-state index contributed by atoms with van der Waals surface area (Å²) in [4.78, 5) is 1.67. The van der Waals surface area contributed by atoms with Gasteiger partial charge in [-0.2, -0.15) is 8.42 Å². The molecule has 0 N–H and O–H groups in total. The van der Waals surface area contributed by atoms with Crippen LogP contribution < -0.4 is 0 Å². The Hall–Kier alpha value is -0.240. The van der Waals surface area contributed by atoms with Gasteiger partial charge in [0.25, 0.3) is 0 Å². The molecule has 0 atom stereocenters. The van der Waals surface area contributed by atoms with E-state index in [1.165, 1.54) is 17.4 Å². The normalized spacial score (nSPS) is 11.9. The number of thiophene rings is 2. The van der Waals surface area contributed by atoms with E-state index in [9.17, 15) is 12.3 Å². The third kappa shape index (κ3) is 2.47. The molecule has 0 amide bonds. The molecule has 0 radical (unpaired) electrons. The molecule has 0 aromatic carbocycles. The van der Waals surface area contributed by atoms with Crippen LogP contribution in [0.1, 0.15) is 0 Å². The van der Waals surface area contributed by atoms with Crippen LogP contribution in [0.5, 0.6) is 0 Å². The molecule has 0 aliphatic carbocycles. The van der Waals surface area contributed by atoms with E-state index in [1.807, 2.05) is 12.1 Å². The first-order chi connectivity index (χ1) is 6.97. The van der Waals surface area contributed by atoms with Gasteiger partial charge < -0.3 is 0 Å². The molecule has 0 fully saturated rings. The first-order valence-corrected chi connectivity index (χ1v) is 7.58. The second-order valence-electron chi connectivity index (χ2n) is 2.66. The van der Waals surface area contributed by atoms with Gasteiger partial charge in [0, 0.05) is 9.75 Å². The predicted octanol–water partition coefficient (Wildman–Crippen LogP) is 3.90. The standard InChI is InChI=1S/C8H4BrFO2S3/c9-7-3-1-5(13-7)6-2-4-8(14-6)15(10,11)12/h1-4H. The number of hydrogen-bond acceptors (Lipinski definition) is 4. The Morgan fingerprint density at radius 3 is 2.13 bits per heavy atom. The fourth-order valence-electron chi connectivity index (χ4n) is 1.03. The molecule has 0 saturated heterocycles. The van der Waals surface area contributed by atoms with Gasteiger partial charge in [-0.1, -0.05) is 3.89 Å². The lowest BCUT2D eigenvalue weighted by Gasteiger charge is -1.88. The van der Waals surface area contributed by atoms with Crippen molar-refractivity contribution in [1.82, 2.24) is 0 Å². The van der Waals surface area contributed by atoms with Crippen molar-refractivity contribution in [2.45, 2.75) is 4.21 Å². The van der Waals surface area contributed by atoms with Crippen molar-refractivity contribution < 1.29 is 12.3 Å².